The average molecular weight is 627 g/mol. The third-order valence-electron chi connectivity index (χ3n) is 8.60. The lowest BCUT2D eigenvalue weighted by Gasteiger charge is -2.42. The van der Waals surface area contributed by atoms with Gasteiger partial charge < -0.3 is 20.1 Å². The van der Waals surface area contributed by atoms with Gasteiger partial charge in [-0.1, -0.05) is 122 Å². The SMILES string of the molecule is C.CCCCCc1ccccc1OC(=S)N(C1CCCCC1)C1CCCCC1.CCCCCc1ccccc1OC(N)=S. The van der Waals surface area contributed by atoms with Crippen molar-refractivity contribution in [3.63, 3.8) is 0 Å². The van der Waals surface area contributed by atoms with E-state index in [1.807, 2.05) is 18.2 Å². The van der Waals surface area contributed by atoms with E-state index < -0.39 is 0 Å². The lowest BCUT2D eigenvalue weighted by atomic mass is 9.89. The number of hydrogen-bond donors (Lipinski definition) is 1. The van der Waals surface area contributed by atoms with Gasteiger partial charge in [0, 0.05) is 12.1 Å². The van der Waals surface area contributed by atoms with Crippen LogP contribution >= 0.6 is 24.4 Å². The third kappa shape index (κ3) is 13.1. The molecule has 0 radical (unpaired) electrons. The summed E-state index contributed by atoms with van der Waals surface area (Å²) >= 11 is 10.6. The second-order valence-electron chi connectivity index (χ2n) is 11.9. The largest absolute Gasteiger partial charge is 0.432 e. The Balaban J connectivity index is 0.000000344. The first kappa shape index (κ1) is 37.0. The van der Waals surface area contributed by atoms with Crippen LogP contribution in [-0.4, -0.2) is 27.3 Å². The molecule has 4 rings (SSSR count). The maximum atomic E-state index is 6.40. The molecule has 2 N–H and O–H groups in total. The quantitative estimate of drug-likeness (QED) is 0.187. The van der Waals surface area contributed by atoms with Gasteiger partial charge in [0.15, 0.2) is 0 Å². The van der Waals surface area contributed by atoms with E-state index in [2.05, 4.69) is 49.1 Å². The highest BCUT2D eigenvalue weighted by Crippen LogP contribution is 2.32. The summed E-state index contributed by atoms with van der Waals surface area (Å²) in [5, 5.41) is 0.815. The highest BCUT2D eigenvalue weighted by molar-refractivity contribution is 7.80. The summed E-state index contributed by atoms with van der Waals surface area (Å²) in [5.41, 5.74) is 7.84. The van der Waals surface area contributed by atoms with Crippen LogP contribution in [-0.2, 0) is 12.8 Å². The summed E-state index contributed by atoms with van der Waals surface area (Å²) in [4.78, 5) is 2.52. The van der Waals surface area contributed by atoms with Crippen LogP contribution in [0.1, 0.15) is 135 Å². The van der Waals surface area contributed by atoms with E-state index in [1.165, 1.54) is 114 Å². The topological polar surface area (TPSA) is 47.7 Å². The Labute approximate surface area is 274 Å². The summed E-state index contributed by atoms with van der Waals surface area (Å²) in [6.07, 6.45) is 22.7. The summed E-state index contributed by atoms with van der Waals surface area (Å²) in [5.74, 6) is 1.77. The summed E-state index contributed by atoms with van der Waals surface area (Å²) in [7, 11) is 0. The predicted octanol–water partition coefficient (Wildman–Crippen LogP) is 10.7. The second-order valence-corrected chi connectivity index (χ2v) is 12.7. The van der Waals surface area contributed by atoms with E-state index in [0.29, 0.717) is 12.1 Å². The maximum Gasteiger partial charge on any atom is 0.265 e. The molecule has 6 heteroatoms. The molecule has 0 aliphatic heterocycles. The maximum absolute atomic E-state index is 6.40. The lowest BCUT2D eigenvalue weighted by molar-refractivity contribution is 0.140. The number of para-hydroxylation sites is 2. The molecule has 2 fully saturated rings. The zero-order valence-electron chi connectivity index (χ0n) is 26.2. The Morgan fingerprint density at radius 2 is 1.09 bits per heavy atom. The number of rotatable bonds is 12. The van der Waals surface area contributed by atoms with E-state index >= 15 is 0 Å². The lowest BCUT2D eigenvalue weighted by Crippen LogP contribution is -2.49. The van der Waals surface area contributed by atoms with Gasteiger partial charge in [0.05, 0.1) is 0 Å². The third-order valence-corrected chi connectivity index (χ3v) is 8.98. The van der Waals surface area contributed by atoms with Crippen molar-refractivity contribution in [3.05, 3.63) is 59.7 Å². The van der Waals surface area contributed by atoms with E-state index in [-0.39, 0.29) is 12.6 Å². The number of nitrogens with zero attached hydrogens (tertiary/aromatic N) is 1. The molecule has 2 aliphatic carbocycles. The minimum Gasteiger partial charge on any atom is -0.432 e. The highest BCUT2D eigenvalue weighted by Gasteiger charge is 2.32. The van der Waals surface area contributed by atoms with Crippen molar-refractivity contribution in [3.8, 4) is 11.5 Å². The summed E-state index contributed by atoms with van der Waals surface area (Å²) < 4.78 is 11.7. The van der Waals surface area contributed by atoms with Gasteiger partial charge in [-0.3, -0.25) is 0 Å². The van der Waals surface area contributed by atoms with E-state index in [1.54, 1.807) is 0 Å². The summed E-state index contributed by atoms with van der Waals surface area (Å²) in [6, 6.07) is 17.6. The van der Waals surface area contributed by atoms with Gasteiger partial charge in [-0.25, -0.2) is 0 Å². The fourth-order valence-corrected chi connectivity index (χ4v) is 6.80. The fraction of sp³-hybridized carbons (Fsp3) is 0.622. The zero-order chi connectivity index (χ0) is 30.0. The number of nitrogens with two attached hydrogens (primary N) is 1. The first-order valence-electron chi connectivity index (χ1n) is 16.7. The van der Waals surface area contributed by atoms with Crippen molar-refractivity contribution in [1.82, 2.24) is 4.90 Å². The van der Waals surface area contributed by atoms with E-state index in [9.17, 15) is 0 Å². The monoisotopic (exact) mass is 626 g/mol. The van der Waals surface area contributed by atoms with Crippen molar-refractivity contribution in [2.75, 3.05) is 0 Å². The molecule has 0 aromatic heterocycles. The van der Waals surface area contributed by atoms with Gasteiger partial charge in [0.25, 0.3) is 10.3 Å². The van der Waals surface area contributed by atoms with Crippen LogP contribution < -0.4 is 15.2 Å². The smallest absolute Gasteiger partial charge is 0.265 e. The molecule has 2 saturated carbocycles. The van der Waals surface area contributed by atoms with E-state index in [4.69, 9.17) is 39.6 Å². The van der Waals surface area contributed by atoms with Crippen molar-refractivity contribution in [2.45, 2.75) is 149 Å². The Bertz CT molecular complexity index is 1050. The highest BCUT2D eigenvalue weighted by atomic mass is 32.1. The Morgan fingerprint density at radius 1 is 0.674 bits per heavy atom. The molecule has 0 saturated heterocycles. The molecule has 0 spiro atoms. The van der Waals surface area contributed by atoms with Gasteiger partial charge in [0.1, 0.15) is 11.5 Å². The number of benzene rings is 2. The molecule has 0 amide bonds. The molecule has 0 unspecified atom stereocenters. The minimum atomic E-state index is 0. The Hall–Kier alpha value is -2.18. The molecule has 2 aromatic carbocycles. The van der Waals surface area contributed by atoms with Gasteiger partial charge in [-0.2, -0.15) is 0 Å². The van der Waals surface area contributed by atoms with Crippen LogP contribution in [0.4, 0.5) is 0 Å². The van der Waals surface area contributed by atoms with Crippen molar-refractivity contribution < 1.29 is 9.47 Å². The van der Waals surface area contributed by atoms with Gasteiger partial charge >= 0.3 is 0 Å². The Morgan fingerprint density at radius 3 is 1.51 bits per heavy atom. The molecular weight excluding hydrogens is 569 g/mol. The minimum absolute atomic E-state index is 0. The Kier molecular flexibility index (Phi) is 18.5. The molecule has 4 nitrogen and oxygen atoms in total. The molecule has 0 atom stereocenters. The molecular formula is C37H58N2O2S2. The van der Waals surface area contributed by atoms with Crippen LogP contribution in [0.25, 0.3) is 0 Å². The zero-order valence-corrected chi connectivity index (χ0v) is 27.8. The van der Waals surface area contributed by atoms with Gasteiger partial charge in [-0.05, 0) is 99.1 Å². The number of thiocarbonyl (C=S) groups is 2. The molecule has 2 aromatic rings. The average Bonchev–Trinajstić information content (AvgIpc) is 3.00. The molecule has 43 heavy (non-hydrogen) atoms. The van der Waals surface area contributed by atoms with Crippen molar-refractivity contribution >= 4 is 34.8 Å². The van der Waals surface area contributed by atoms with Crippen LogP contribution in [0.3, 0.4) is 0 Å². The van der Waals surface area contributed by atoms with Crippen LogP contribution in [0.15, 0.2) is 48.5 Å². The molecule has 0 heterocycles. The van der Waals surface area contributed by atoms with Crippen molar-refractivity contribution in [2.24, 2.45) is 5.73 Å². The number of unbranched alkanes of at least 4 members (excludes halogenated alkanes) is 4. The predicted molar refractivity (Wildman–Crippen MR) is 192 cm³/mol. The number of aryl methyl sites for hydroxylation is 2. The van der Waals surface area contributed by atoms with E-state index in [0.717, 1.165) is 29.5 Å². The van der Waals surface area contributed by atoms with Gasteiger partial charge in [0.2, 0.25) is 0 Å². The number of hydrogen-bond acceptors (Lipinski definition) is 4. The van der Waals surface area contributed by atoms with Crippen molar-refractivity contribution in [1.29, 1.82) is 0 Å². The fourth-order valence-electron chi connectivity index (χ4n) is 6.32. The first-order chi connectivity index (χ1) is 20.5. The van der Waals surface area contributed by atoms with Crippen LogP contribution in [0, 0.1) is 0 Å². The van der Waals surface area contributed by atoms with Gasteiger partial charge in [-0.15, -0.1) is 0 Å². The standard InChI is InChI=1S/C24H37NOS.C12H17NOS.CH4/c1-2-3-6-13-20-14-11-12-19-23(20)26-24(27)25(21-15-7-4-8-16-21)22-17-9-5-10-18-22;1-2-3-4-7-10-8-5-6-9-11(10)14-12(13)15;/h11-12,14,19,21-22H,2-10,13,15-18H2,1H3;5-6,8-9H,2-4,7H2,1H3,(H2,13,15);1H4. The molecule has 2 aliphatic rings. The normalized spacial score (nSPS) is 15.4. The summed E-state index contributed by atoms with van der Waals surface area (Å²) in [6.45, 7) is 4.45. The molecule has 0 bridgehead atoms. The van der Waals surface area contributed by atoms with Crippen LogP contribution in [0.2, 0.25) is 0 Å². The second kappa shape index (κ2) is 21.5. The van der Waals surface area contributed by atoms with Crippen LogP contribution in [0.5, 0.6) is 11.5 Å². The number of ether oxygens (including phenoxy) is 2. The molecule has 240 valence electrons. The first-order valence-corrected chi connectivity index (χ1v) is 17.5.